The van der Waals surface area contributed by atoms with Crippen LogP contribution in [-0.2, 0) is 12.6 Å². The lowest BCUT2D eigenvalue weighted by Crippen LogP contribution is -2.23. The van der Waals surface area contributed by atoms with Gasteiger partial charge in [0.15, 0.2) is 11.5 Å². The first-order valence-corrected chi connectivity index (χ1v) is 8.09. The largest absolute Gasteiger partial charge is 0.453 e. The van der Waals surface area contributed by atoms with E-state index in [1.807, 2.05) is 24.3 Å². The summed E-state index contributed by atoms with van der Waals surface area (Å²) >= 11 is 0. The van der Waals surface area contributed by atoms with Gasteiger partial charge in [0.25, 0.3) is 5.82 Å². The van der Waals surface area contributed by atoms with Crippen molar-refractivity contribution in [3.63, 3.8) is 0 Å². The normalized spacial score (nSPS) is 19.8. The Hall–Kier alpha value is -2.68. The summed E-state index contributed by atoms with van der Waals surface area (Å²) in [6.07, 6.45) is -4.87. The van der Waals surface area contributed by atoms with Gasteiger partial charge >= 0.3 is 6.18 Å². The van der Waals surface area contributed by atoms with E-state index < -0.39 is 24.1 Å². The van der Waals surface area contributed by atoms with Crippen LogP contribution in [0.4, 0.5) is 19.0 Å². The number of aliphatic hydroxyl groups excluding tert-OH is 1. The molecule has 1 aliphatic carbocycles. The lowest BCUT2D eigenvalue weighted by Gasteiger charge is -2.20. The number of fused-ring (bicyclic) bond motifs is 2. The average Bonchev–Trinajstić information content (AvgIpc) is 3.14. The molecule has 0 bridgehead atoms. The maximum absolute atomic E-state index is 13.2. The molecule has 0 spiro atoms. The molecule has 26 heavy (non-hydrogen) atoms. The number of aryl methyl sites for hydroxylation is 1. The Labute approximate surface area is 146 Å². The zero-order chi connectivity index (χ0) is 18.6. The average molecular weight is 363 g/mol. The van der Waals surface area contributed by atoms with Crippen LogP contribution in [0.15, 0.2) is 24.3 Å². The monoisotopic (exact) mass is 363 g/mol. The second-order valence-electron chi connectivity index (χ2n) is 6.45. The summed E-state index contributed by atoms with van der Waals surface area (Å²) in [5.74, 6) is -0.910. The topological polar surface area (TPSA) is 75.3 Å². The molecule has 0 unspecified atom stereocenters. The molecule has 0 aliphatic heterocycles. The predicted molar refractivity (Wildman–Crippen MR) is 87.8 cm³/mol. The van der Waals surface area contributed by atoms with Gasteiger partial charge in [-0.15, -0.1) is 15.3 Å². The second-order valence-corrected chi connectivity index (χ2v) is 6.45. The van der Waals surface area contributed by atoms with Gasteiger partial charge in [-0.2, -0.15) is 17.7 Å². The molecule has 0 saturated heterocycles. The van der Waals surface area contributed by atoms with Gasteiger partial charge in [0.05, 0.1) is 12.1 Å². The van der Waals surface area contributed by atoms with E-state index in [4.69, 9.17) is 0 Å². The summed E-state index contributed by atoms with van der Waals surface area (Å²) < 4.78 is 40.2. The summed E-state index contributed by atoms with van der Waals surface area (Å²) in [5.41, 5.74) is 3.20. The molecule has 1 aromatic carbocycles. The van der Waals surface area contributed by atoms with E-state index in [0.29, 0.717) is 22.1 Å². The van der Waals surface area contributed by atoms with Crippen LogP contribution in [0.3, 0.4) is 0 Å². The van der Waals surface area contributed by atoms with Crippen LogP contribution in [-0.4, -0.2) is 31.0 Å². The molecule has 4 rings (SSSR count). The molecular weight excluding hydrogens is 347 g/mol. The number of aliphatic hydroxyl groups is 1. The molecule has 6 nitrogen and oxygen atoms in total. The number of hydrogen-bond acceptors (Lipinski definition) is 5. The highest BCUT2D eigenvalue weighted by Crippen LogP contribution is 2.35. The molecular formula is C17H16F3N5O. The fourth-order valence-corrected chi connectivity index (χ4v) is 3.34. The van der Waals surface area contributed by atoms with Crippen molar-refractivity contribution in [1.82, 2.24) is 19.8 Å². The Morgan fingerprint density at radius 3 is 2.62 bits per heavy atom. The number of hydrogen-bond donors (Lipinski definition) is 2. The molecule has 2 heterocycles. The van der Waals surface area contributed by atoms with Gasteiger partial charge in [-0.25, -0.2) is 0 Å². The molecule has 136 valence electrons. The first kappa shape index (κ1) is 16.8. The first-order valence-electron chi connectivity index (χ1n) is 8.09. The Kier molecular flexibility index (Phi) is 3.65. The number of nitrogens with one attached hydrogen (secondary N) is 1. The number of anilines is 1. The van der Waals surface area contributed by atoms with Crippen molar-refractivity contribution in [1.29, 1.82) is 0 Å². The minimum atomic E-state index is -4.66. The van der Waals surface area contributed by atoms with Gasteiger partial charge in [-0.05, 0) is 30.5 Å². The number of benzene rings is 1. The molecule has 2 N–H and O–H groups in total. The minimum Gasteiger partial charge on any atom is -0.390 e. The van der Waals surface area contributed by atoms with E-state index in [0.717, 1.165) is 11.1 Å². The zero-order valence-electron chi connectivity index (χ0n) is 14.0. The van der Waals surface area contributed by atoms with Gasteiger partial charge in [-0.3, -0.25) is 0 Å². The predicted octanol–water partition coefficient (Wildman–Crippen LogP) is 2.83. The summed E-state index contributed by atoms with van der Waals surface area (Å²) in [5, 5.41) is 24.4. The van der Waals surface area contributed by atoms with E-state index in [1.54, 1.807) is 13.8 Å². The Balaban J connectivity index is 1.81. The van der Waals surface area contributed by atoms with Crippen molar-refractivity contribution < 1.29 is 18.3 Å². The highest BCUT2D eigenvalue weighted by atomic mass is 19.4. The summed E-state index contributed by atoms with van der Waals surface area (Å²) in [6.45, 7) is 3.42. The molecule has 0 fully saturated rings. The summed E-state index contributed by atoms with van der Waals surface area (Å²) in [7, 11) is 0. The third-order valence-electron chi connectivity index (χ3n) is 4.84. The van der Waals surface area contributed by atoms with Crippen LogP contribution >= 0.6 is 0 Å². The Morgan fingerprint density at radius 1 is 1.15 bits per heavy atom. The van der Waals surface area contributed by atoms with Gasteiger partial charge in [0.1, 0.15) is 0 Å². The number of rotatable bonds is 2. The van der Waals surface area contributed by atoms with Crippen LogP contribution in [0.5, 0.6) is 0 Å². The quantitative estimate of drug-likeness (QED) is 0.732. The lowest BCUT2D eigenvalue weighted by atomic mass is 10.1. The van der Waals surface area contributed by atoms with Crippen LogP contribution in [0.2, 0.25) is 0 Å². The van der Waals surface area contributed by atoms with Crippen LogP contribution in [0.1, 0.15) is 34.1 Å². The van der Waals surface area contributed by atoms with Gasteiger partial charge in [-0.1, -0.05) is 24.3 Å². The summed E-state index contributed by atoms with van der Waals surface area (Å²) in [6, 6.07) is 7.13. The molecule has 9 heteroatoms. The number of alkyl halides is 3. The third-order valence-corrected chi connectivity index (χ3v) is 4.84. The van der Waals surface area contributed by atoms with Crippen molar-refractivity contribution in [3.8, 4) is 0 Å². The van der Waals surface area contributed by atoms with Crippen molar-refractivity contribution in [2.75, 3.05) is 5.32 Å². The second kappa shape index (κ2) is 5.66. The smallest absolute Gasteiger partial charge is 0.390 e. The fraction of sp³-hybridized carbons (Fsp3) is 0.353. The van der Waals surface area contributed by atoms with Gasteiger partial charge in [0.2, 0.25) is 0 Å². The molecule has 2 atom stereocenters. The highest BCUT2D eigenvalue weighted by Gasteiger charge is 2.38. The van der Waals surface area contributed by atoms with E-state index in [1.165, 1.54) is 0 Å². The number of aromatic nitrogens is 4. The fourth-order valence-electron chi connectivity index (χ4n) is 3.34. The minimum absolute atomic E-state index is 0.0627. The molecule has 3 aromatic rings. The molecule has 1 aliphatic rings. The third kappa shape index (κ3) is 2.50. The molecule has 0 saturated carbocycles. The Bertz CT molecular complexity index is 998. The van der Waals surface area contributed by atoms with Gasteiger partial charge < -0.3 is 10.4 Å². The standard InChI is InChI=1S/C17H16F3N5O/c1-8-9(2)15-22-23-16(17(18,19)20)25(15)24-14(8)21-13-11-6-4-3-5-10(11)7-12(13)26/h3-6,12-13,26H,7H2,1-2H3,(H,21,24)/t12-,13+/m1/s1. The molecule has 0 radical (unpaired) electrons. The maximum Gasteiger partial charge on any atom is 0.453 e. The number of nitrogens with zero attached hydrogens (tertiary/aromatic N) is 4. The lowest BCUT2D eigenvalue weighted by molar-refractivity contribution is -0.146. The van der Waals surface area contributed by atoms with Crippen molar-refractivity contribution in [2.24, 2.45) is 0 Å². The van der Waals surface area contributed by atoms with Gasteiger partial charge in [0, 0.05) is 12.0 Å². The first-order chi connectivity index (χ1) is 12.3. The van der Waals surface area contributed by atoms with E-state index in [9.17, 15) is 18.3 Å². The van der Waals surface area contributed by atoms with Crippen molar-refractivity contribution in [3.05, 3.63) is 52.3 Å². The van der Waals surface area contributed by atoms with E-state index >= 15 is 0 Å². The Morgan fingerprint density at radius 2 is 1.88 bits per heavy atom. The van der Waals surface area contributed by atoms with E-state index in [2.05, 4.69) is 20.6 Å². The zero-order valence-corrected chi connectivity index (χ0v) is 14.0. The van der Waals surface area contributed by atoms with E-state index in [-0.39, 0.29) is 11.5 Å². The highest BCUT2D eigenvalue weighted by molar-refractivity contribution is 5.59. The maximum atomic E-state index is 13.2. The van der Waals surface area contributed by atoms with Crippen molar-refractivity contribution >= 4 is 11.5 Å². The SMILES string of the molecule is Cc1c(N[C@H]2c3ccccc3C[C@H]2O)nn2c(C(F)(F)F)nnc2c1C. The van der Waals surface area contributed by atoms with Crippen molar-refractivity contribution in [2.45, 2.75) is 38.6 Å². The molecule has 2 aromatic heterocycles. The molecule has 0 amide bonds. The summed E-state index contributed by atoms with van der Waals surface area (Å²) in [4.78, 5) is 0. The van der Waals surface area contributed by atoms with Crippen LogP contribution in [0.25, 0.3) is 5.65 Å². The number of halogens is 3. The van der Waals surface area contributed by atoms with Crippen LogP contribution in [0, 0.1) is 13.8 Å². The van der Waals surface area contributed by atoms with Crippen LogP contribution < -0.4 is 5.32 Å².